The molecule has 0 bridgehead atoms. The van der Waals surface area contributed by atoms with Crippen LogP contribution in [-0.4, -0.2) is 33.7 Å². The first-order valence-corrected chi connectivity index (χ1v) is 11.5. The lowest BCUT2D eigenvalue weighted by molar-refractivity contribution is -0.119. The number of hydrogen-bond acceptors (Lipinski definition) is 5. The molecule has 1 N–H and O–H groups in total. The van der Waals surface area contributed by atoms with Crippen LogP contribution in [0, 0.1) is 6.92 Å². The molecule has 0 heterocycles. The number of amides is 1. The first-order valence-electron chi connectivity index (χ1n) is 10.1. The second kappa shape index (κ2) is 10.6. The first kappa shape index (κ1) is 23.0. The van der Waals surface area contributed by atoms with Gasteiger partial charge in [0, 0.05) is 0 Å². The van der Waals surface area contributed by atoms with Crippen LogP contribution in [0.5, 0.6) is 5.75 Å². The Hall–Kier alpha value is -3.65. The van der Waals surface area contributed by atoms with Gasteiger partial charge in [0.25, 0.3) is 15.9 Å². The zero-order valence-corrected chi connectivity index (χ0v) is 18.7. The predicted molar refractivity (Wildman–Crippen MR) is 126 cm³/mol. The summed E-state index contributed by atoms with van der Waals surface area (Å²) in [4.78, 5) is 12.7. The van der Waals surface area contributed by atoms with Gasteiger partial charge in [0.2, 0.25) is 0 Å². The average molecular weight is 452 g/mol. The highest BCUT2D eigenvalue weighted by Gasteiger charge is 2.26. The molecule has 3 rings (SSSR count). The van der Waals surface area contributed by atoms with Crippen molar-refractivity contribution in [2.75, 3.05) is 17.5 Å². The maximum atomic E-state index is 13.2. The molecule has 0 aromatic heterocycles. The van der Waals surface area contributed by atoms with Gasteiger partial charge < -0.3 is 4.74 Å². The Morgan fingerprint density at radius 3 is 2.28 bits per heavy atom. The minimum atomic E-state index is -3.94. The van der Waals surface area contributed by atoms with E-state index in [1.807, 2.05) is 13.8 Å². The molecule has 0 aliphatic rings. The quantitative estimate of drug-likeness (QED) is 0.397. The Labute approximate surface area is 188 Å². The van der Waals surface area contributed by atoms with Gasteiger partial charge >= 0.3 is 0 Å². The third-order valence-corrected chi connectivity index (χ3v) is 6.32. The molecule has 0 aliphatic carbocycles. The second-order valence-corrected chi connectivity index (χ2v) is 8.82. The standard InChI is InChI=1S/C24H25N3O4S/c1-3-31-22-15-11-20(12-16-22)17-25-26-24(28)18-27(21-13-9-19(2)10-14-21)32(29,30)23-7-5-4-6-8-23/h4-17H,3,18H2,1-2H3,(H,26,28). The summed E-state index contributed by atoms with van der Waals surface area (Å²) in [6.07, 6.45) is 1.48. The van der Waals surface area contributed by atoms with Crippen molar-refractivity contribution in [2.24, 2.45) is 5.10 Å². The number of nitrogens with zero attached hydrogens (tertiary/aromatic N) is 2. The third kappa shape index (κ3) is 5.95. The Morgan fingerprint density at radius 2 is 1.66 bits per heavy atom. The van der Waals surface area contributed by atoms with E-state index in [1.165, 1.54) is 18.3 Å². The lowest BCUT2D eigenvalue weighted by atomic mass is 10.2. The number of carbonyl (C=O) groups is 1. The van der Waals surface area contributed by atoms with E-state index in [0.717, 1.165) is 21.2 Å². The smallest absolute Gasteiger partial charge is 0.264 e. The fraction of sp³-hybridized carbons (Fsp3) is 0.167. The van der Waals surface area contributed by atoms with Gasteiger partial charge in [0.1, 0.15) is 12.3 Å². The van der Waals surface area contributed by atoms with Crippen molar-refractivity contribution in [1.29, 1.82) is 0 Å². The summed E-state index contributed by atoms with van der Waals surface area (Å²) in [6.45, 7) is 3.97. The van der Waals surface area contributed by atoms with E-state index in [-0.39, 0.29) is 4.90 Å². The van der Waals surface area contributed by atoms with Gasteiger partial charge in [-0.25, -0.2) is 13.8 Å². The number of sulfonamides is 1. The number of hydrogen-bond donors (Lipinski definition) is 1. The number of aryl methyl sites for hydroxylation is 1. The van der Waals surface area contributed by atoms with Crippen LogP contribution in [0.1, 0.15) is 18.1 Å². The molecule has 1 amide bonds. The van der Waals surface area contributed by atoms with Crippen LogP contribution >= 0.6 is 0 Å². The predicted octanol–water partition coefficient (Wildman–Crippen LogP) is 3.74. The maximum absolute atomic E-state index is 13.2. The zero-order valence-electron chi connectivity index (χ0n) is 17.9. The summed E-state index contributed by atoms with van der Waals surface area (Å²) in [5.41, 5.74) is 4.54. The van der Waals surface area contributed by atoms with Crippen molar-refractivity contribution in [3.8, 4) is 5.75 Å². The molecular formula is C24H25N3O4S. The number of nitrogens with one attached hydrogen (secondary N) is 1. The fourth-order valence-electron chi connectivity index (χ4n) is 2.91. The van der Waals surface area contributed by atoms with Gasteiger partial charge in [-0.2, -0.15) is 5.10 Å². The van der Waals surface area contributed by atoms with E-state index in [4.69, 9.17) is 4.74 Å². The number of carbonyl (C=O) groups excluding carboxylic acids is 1. The zero-order chi connectivity index (χ0) is 23.0. The van der Waals surface area contributed by atoms with Crippen LogP contribution in [0.25, 0.3) is 0 Å². The maximum Gasteiger partial charge on any atom is 0.264 e. The molecule has 3 aromatic carbocycles. The number of ether oxygens (including phenoxy) is 1. The molecule has 0 aliphatic heterocycles. The van der Waals surface area contributed by atoms with Crippen molar-refractivity contribution in [1.82, 2.24) is 5.43 Å². The summed E-state index contributed by atoms with van der Waals surface area (Å²) in [5.74, 6) is 0.181. The minimum Gasteiger partial charge on any atom is -0.494 e. The van der Waals surface area contributed by atoms with Gasteiger partial charge in [-0.15, -0.1) is 0 Å². The average Bonchev–Trinajstić information content (AvgIpc) is 2.80. The Kier molecular flexibility index (Phi) is 7.62. The molecule has 0 saturated heterocycles. The van der Waals surface area contributed by atoms with Crippen LogP contribution in [-0.2, 0) is 14.8 Å². The van der Waals surface area contributed by atoms with E-state index >= 15 is 0 Å². The summed E-state index contributed by atoms with van der Waals surface area (Å²) >= 11 is 0. The van der Waals surface area contributed by atoms with Crippen LogP contribution in [0.4, 0.5) is 5.69 Å². The van der Waals surface area contributed by atoms with Crippen LogP contribution in [0.2, 0.25) is 0 Å². The van der Waals surface area contributed by atoms with Crippen LogP contribution < -0.4 is 14.5 Å². The van der Waals surface area contributed by atoms with Crippen molar-refractivity contribution >= 4 is 27.8 Å². The van der Waals surface area contributed by atoms with E-state index in [9.17, 15) is 13.2 Å². The summed E-state index contributed by atoms with van der Waals surface area (Å²) in [5, 5.41) is 3.95. The monoisotopic (exact) mass is 451 g/mol. The normalized spacial score (nSPS) is 11.3. The Bertz CT molecular complexity index is 1160. The Morgan fingerprint density at radius 1 is 1.00 bits per heavy atom. The fourth-order valence-corrected chi connectivity index (χ4v) is 4.35. The molecule has 166 valence electrons. The molecule has 7 nitrogen and oxygen atoms in total. The summed E-state index contributed by atoms with van der Waals surface area (Å²) in [6, 6.07) is 22.2. The first-order chi connectivity index (χ1) is 15.4. The molecule has 3 aromatic rings. The van der Waals surface area contributed by atoms with E-state index in [0.29, 0.717) is 12.3 Å². The topological polar surface area (TPSA) is 88.1 Å². The highest BCUT2D eigenvalue weighted by Crippen LogP contribution is 2.23. The number of hydrazone groups is 1. The number of rotatable bonds is 9. The largest absolute Gasteiger partial charge is 0.494 e. The molecule has 8 heteroatoms. The van der Waals surface area contributed by atoms with Crippen molar-refractivity contribution < 1.29 is 17.9 Å². The summed E-state index contributed by atoms with van der Waals surface area (Å²) in [7, 11) is -3.94. The lowest BCUT2D eigenvalue weighted by Crippen LogP contribution is -2.39. The van der Waals surface area contributed by atoms with Gasteiger partial charge in [-0.1, -0.05) is 35.9 Å². The Balaban J connectivity index is 1.75. The molecule has 0 saturated carbocycles. The van der Waals surface area contributed by atoms with Crippen molar-refractivity contribution in [3.05, 3.63) is 90.0 Å². The number of benzene rings is 3. The van der Waals surface area contributed by atoms with E-state index in [2.05, 4.69) is 10.5 Å². The molecule has 0 atom stereocenters. The van der Waals surface area contributed by atoms with Crippen LogP contribution in [0.15, 0.2) is 88.9 Å². The molecular weight excluding hydrogens is 426 g/mol. The van der Waals surface area contributed by atoms with Crippen molar-refractivity contribution in [3.63, 3.8) is 0 Å². The van der Waals surface area contributed by atoms with Gasteiger partial charge in [-0.3, -0.25) is 9.10 Å². The third-order valence-electron chi connectivity index (χ3n) is 4.53. The lowest BCUT2D eigenvalue weighted by Gasteiger charge is -2.23. The van der Waals surface area contributed by atoms with E-state index < -0.39 is 22.5 Å². The highest BCUT2D eigenvalue weighted by atomic mass is 32.2. The minimum absolute atomic E-state index is 0.103. The molecule has 0 spiro atoms. The molecule has 32 heavy (non-hydrogen) atoms. The molecule has 0 unspecified atom stereocenters. The second-order valence-electron chi connectivity index (χ2n) is 6.96. The highest BCUT2D eigenvalue weighted by molar-refractivity contribution is 7.92. The SMILES string of the molecule is CCOc1ccc(C=NNC(=O)CN(c2ccc(C)cc2)S(=O)(=O)c2ccccc2)cc1. The van der Waals surface area contributed by atoms with Gasteiger partial charge in [0.15, 0.2) is 0 Å². The van der Waals surface area contributed by atoms with Crippen molar-refractivity contribution in [2.45, 2.75) is 18.7 Å². The molecule has 0 fully saturated rings. The van der Waals surface area contributed by atoms with Gasteiger partial charge in [0.05, 0.1) is 23.4 Å². The number of anilines is 1. The van der Waals surface area contributed by atoms with Crippen LogP contribution in [0.3, 0.4) is 0 Å². The van der Waals surface area contributed by atoms with Gasteiger partial charge in [-0.05, 0) is 67.9 Å². The summed E-state index contributed by atoms with van der Waals surface area (Å²) < 4.78 is 32.9. The van der Waals surface area contributed by atoms with E-state index in [1.54, 1.807) is 66.7 Å². The molecule has 0 radical (unpaired) electrons.